The van der Waals surface area contributed by atoms with Gasteiger partial charge in [0.15, 0.2) is 0 Å². The lowest BCUT2D eigenvalue weighted by molar-refractivity contribution is -0.127. The van der Waals surface area contributed by atoms with E-state index >= 15 is 0 Å². The SMILES string of the molecule is CN(C)CCCN1C(=O)NC(Cc2ccccc2)C1=O. The molecule has 0 bridgehead atoms. The van der Waals surface area contributed by atoms with Crippen LogP contribution in [-0.2, 0) is 11.2 Å². The fourth-order valence-corrected chi connectivity index (χ4v) is 2.32. The molecule has 0 radical (unpaired) electrons. The van der Waals surface area contributed by atoms with Crippen molar-refractivity contribution in [3.63, 3.8) is 0 Å². The lowest BCUT2D eigenvalue weighted by Crippen LogP contribution is -2.34. The molecule has 1 aliphatic rings. The highest BCUT2D eigenvalue weighted by atomic mass is 16.2. The molecular weight excluding hydrogens is 254 g/mol. The predicted molar refractivity (Wildman–Crippen MR) is 77.3 cm³/mol. The molecule has 1 aromatic carbocycles. The summed E-state index contributed by atoms with van der Waals surface area (Å²) in [5.74, 6) is -0.113. The molecule has 1 aromatic rings. The van der Waals surface area contributed by atoms with Gasteiger partial charge in [0, 0.05) is 13.0 Å². The van der Waals surface area contributed by atoms with Crippen molar-refractivity contribution in [3.8, 4) is 0 Å². The van der Waals surface area contributed by atoms with Gasteiger partial charge in [0.2, 0.25) is 0 Å². The molecule has 1 unspecified atom stereocenters. The fourth-order valence-electron chi connectivity index (χ4n) is 2.32. The second-order valence-corrected chi connectivity index (χ2v) is 5.34. The maximum absolute atomic E-state index is 12.2. The maximum atomic E-state index is 12.2. The van der Waals surface area contributed by atoms with Crippen LogP contribution in [0, 0.1) is 0 Å². The Morgan fingerprint density at radius 1 is 1.20 bits per heavy atom. The van der Waals surface area contributed by atoms with Crippen LogP contribution in [0.3, 0.4) is 0 Å². The molecular formula is C15H21N3O2. The summed E-state index contributed by atoms with van der Waals surface area (Å²) in [4.78, 5) is 27.4. The van der Waals surface area contributed by atoms with Crippen LogP contribution in [0.2, 0.25) is 0 Å². The highest BCUT2D eigenvalue weighted by molar-refractivity contribution is 6.04. The topological polar surface area (TPSA) is 52.6 Å². The zero-order valence-electron chi connectivity index (χ0n) is 12.0. The van der Waals surface area contributed by atoms with Gasteiger partial charge in [-0.05, 0) is 32.6 Å². The van der Waals surface area contributed by atoms with Crippen LogP contribution in [0.1, 0.15) is 12.0 Å². The van der Waals surface area contributed by atoms with Gasteiger partial charge in [-0.25, -0.2) is 4.79 Å². The standard InChI is InChI=1S/C15H21N3O2/c1-17(2)9-6-10-18-14(19)13(16-15(18)20)11-12-7-4-3-5-8-12/h3-5,7-8,13H,6,9-11H2,1-2H3,(H,16,20). The van der Waals surface area contributed by atoms with Gasteiger partial charge in [-0.2, -0.15) is 0 Å². The van der Waals surface area contributed by atoms with Crippen LogP contribution in [0.4, 0.5) is 4.79 Å². The third-order valence-electron chi connectivity index (χ3n) is 3.38. The van der Waals surface area contributed by atoms with Gasteiger partial charge in [0.05, 0.1) is 0 Å². The molecule has 20 heavy (non-hydrogen) atoms. The van der Waals surface area contributed by atoms with Gasteiger partial charge in [-0.3, -0.25) is 9.69 Å². The average molecular weight is 275 g/mol. The number of urea groups is 1. The first-order chi connectivity index (χ1) is 9.58. The summed E-state index contributed by atoms with van der Waals surface area (Å²) >= 11 is 0. The first kappa shape index (κ1) is 14.5. The minimum Gasteiger partial charge on any atom is -0.325 e. The second kappa shape index (κ2) is 6.52. The lowest BCUT2D eigenvalue weighted by Gasteiger charge is -2.15. The molecule has 5 nitrogen and oxygen atoms in total. The number of carbonyl (C=O) groups excluding carboxylic acids is 2. The van der Waals surface area contributed by atoms with E-state index in [1.807, 2.05) is 49.3 Å². The minimum atomic E-state index is -0.427. The summed E-state index contributed by atoms with van der Waals surface area (Å²) in [5.41, 5.74) is 1.06. The van der Waals surface area contributed by atoms with E-state index in [1.165, 1.54) is 4.90 Å². The molecule has 1 saturated heterocycles. The van der Waals surface area contributed by atoms with E-state index in [0.29, 0.717) is 13.0 Å². The van der Waals surface area contributed by atoms with E-state index in [1.54, 1.807) is 0 Å². The summed E-state index contributed by atoms with van der Waals surface area (Å²) in [5, 5.41) is 2.76. The lowest BCUT2D eigenvalue weighted by atomic mass is 10.1. The van der Waals surface area contributed by atoms with E-state index in [2.05, 4.69) is 5.32 Å². The largest absolute Gasteiger partial charge is 0.325 e. The number of hydrogen-bond acceptors (Lipinski definition) is 3. The Kier molecular flexibility index (Phi) is 4.74. The molecule has 2 rings (SSSR count). The molecule has 108 valence electrons. The Hall–Kier alpha value is -1.88. The molecule has 3 amide bonds. The Bertz CT molecular complexity index is 473. The highest BCUT2D eigenvalue weighted by Crippen LogP contribution is 2.12. The van der Waals surface area contributed by atoms with E-state index < -0.39 is 6.04 Å². The fraction of sp³-hybridized carbons (Fsp3) is 0.467. The molecule has 1 aliphatic heterocycles. The Morgan fingerprint density at radius 2 is 1.90 bits per heavy atom. The van der Waals surface area contributed by atoms with E-state index in [9.17, 15) is 9.59 Å². The van der Waals surface area contributed by atoms with Gasteiger partial charge in [-0.1, -0.05) is 30.3 Å². The van der Waals surface area contributed by atoms with Crippen molar-refractivity contribution < 1.29 is 9.59 Å². The van der Waals surface area contributed by atoms with E-state index in [-0.39, 0.29) is 11.9 Å². The van der Waals surface area contributed by atoms with Crippen molar-refractivity contribution in [2.24, 2.45) is 0 Å². The number of nitrogens with one attached hydrogen (secondary N) is 1. The van der Waals surface area contributed by atoms with Gasteiger partial charge in [-0.15, -0.1) is 0 Å². The third kappa shape index (κ3) is 3.57. The average Bonchev–Trinajstić information content (AvgIpc) is 2.67. The zero-order chi connectivity index (χ0) is 14.5. The molecule has 1 N–H and O–H groups in total. The highest BCUT2D eigenvalue weighted by Gasteiger charge is 2.37. The van der Waals surface area contributed by atoms with Crippen LogP contribution in [0.15, 0.2) is 30.3 Å². The Balaban J connectivity index is 1.91. The number of imide groups is 1. The maximum Gasteiger partial charge on any atom is 0.324 e. The molecule has 0 spiro atoms. The van der Waals surface area contributed by atoms with Crippen molar-refractivity contribution in [1.82, 2.24) is 15.1 Å². The van der Waals surface area contributed by atoms with Gasteiger partial charge < -0.3 is 10.2 Å². The van der Waals surface area contributed by atoms with Crippen LogP contribution < -0.4 is 5.32 Å². The summed E-state index contributed by atoms with van der Waals surface area (Å²) in [7, 11) is 3.95. The molecule has 1 fully saturated rings. The third-order valence-corrected chi connectivity index (χ3v) is 3.38. The minimum absolute atomic E-state index is 0.113. The first-order valence-corrected chi connectivity index (χ1v) is 6.88. The normalized spacial score (nSPS) is 18.8. The summed E-state index contributed by atoms with van der Waals surface area (Å²) in [6, 6.07) is 9.05. The smallest absolute Gasteiger partial charge is 0.324 e. The molecule has 0 aromatic heterocycles. The molecule has 5 heteroatoms. The van der Waals surface area contributed by atoms with Crippen molar-refractivity contribution in [3.05, 3.63) is 35.9 Å². The Morgan fingerprint density at radius 3 is 2.55 bits per heavy atom. The first-order valence-electron chi connectivity index (χ1n) is 6.88. The van der Waals surface area contributed by atoms with Crippen molar-refractivity contribution in [2.75, 3.05) is 27.2 Å². The number of nitrogens with zero attached hydrogens (tertiary/aromatic N) is 2. The molecule has 0 saturated carbocycles. The van der Waals surface area contributed by atoms with Crippen LogP contribution in [-0.4, -0.2) is 55.0 Å². The van der Waals surface area contributed by atoms with Gasteiger partial charge in [0.25, 0.3) is 5.91 Å². The second-order valence-electron chi connectivity index (χ2n) is 5.34. The van der Waals surface area contributed by atoms with E-state index in [0.717, 1.165) is 18.5 Å². The van der Waals surface area contributed by atoms with Crippen molar-refractivity contribution in [1.29, 1.82) is 0 Å². The van der Waals surface area contributed by atoms with E-state index in [4.69, 9.17) is 0 Å². The molecule has 0 aliphatic carbocycles. The van der Waals surface area contributed by atoms with Crippen LogP contribution in [0.25, 0.3) is 0 Å². The number of hydrogen-bond donors (Lipinski definition) is 1. The van der Waals surface area contributed by atoms with Crippen molar-refractivity contribution >= 4 is 11.9 Å². The monoisotopic (exact) mass is 275 g/mol. The number of rotatable bonds is 6. The summed E-state index contributed by atoms with van der Waals surface area (Å²) < 4.78 is 0. The van der Waals surface area contributed by atoms with Gasteiger partial charge >= 0.3 is 6.03 Å². The van der Waals surface area contributed by atoms with Crippen LogP contribution in [0.5, 0.6) is 0 Å². The van der Waals surface area contributed by atoms with Crippen LogP contribution >= 0.6 is 0 Å². The van der Waals surface area contributed by atoms with Gasteiger partial charge in [0.1, 0.15) is 6.04 Å². The Labute approximate surface area is 119 Å². The number of benzene rings is 1. The molecule has 1 atom stereocenters. The van der Waals surface area contributed by atoms with Crippen molar-refractivity contribution in [2.45, 2.75) is 18.9 Å². The molecule has 1 heterocycles. The summed E-state index contributed by atoms with van der Waals surface area (Å²) in [6.07, 6.45) is 1.35. The zero-order valence-corrected chi connectivity index (χ0v) is 12.0. The number of amides is 3. The quantitative estimate of drug-likeness (QED) is 0.791. The number of carbonyl (C=O) groups is 2. The summed E-state index contributed by atoms with van der Waals surface area (Å²) in [6.45, 7) is 1.34. The predicted octanol–water partition coefficient (Wildman–Crippen LogP) is 1.10.